The summed E-state index contributed by atoms with van der Waals surface area (Å²) in [7, 11) is 0. The quantitative estimate of drug-likeness (QED) is 0.268. The molecular weight excluding hydrogens is 486 g/mol. The lowest BCUT2D eigenvalue weighted by atomic mass is 10.1. The van der Waals surface area contributed by atoms with Crippen LogP contribution in [0.5, 0.6) is 0 Å². The predicted molar refractivity (Wildman–Crippen MR) is 123 cm³/mol. The maximum Gasteiger partial charge on any atom is 0.272 e. The van der Waals surface area contributed by atoms with Gasteiger partial charge in [0.05, 0.1) is 21.2 Å². The number of amides is 2. The zero-order chi connectivity index (χ0) is 22.4. The summed E-state index contributed by atoms with van der Waals surface area (Å²) >= 11 is 9.41. The zero-order valence-corrected chi connectivity index (χ0v) is 18.2. The van der Waals surface area contributed by atoms with E-state index in [0.29, 0.717) is 26.3 Å². The number of rotatable bonds is 6. The predicted octanol–water partition coefficient (Wildman–Crippen LogP) is 5.42. The molecule has 0 fully saturated rings. The van der Waals surface area contributed by atoms with E-state index in [-0.39, 0.29) is 11.4 Å². The number of para-hydroxylation sites is 1. The van der Waals surface area contributed by atoms with E-state index in [1.807, 2.05) is 0 Å². The fourth-order valence-corrected chi connectivity index (χ4v) is 3.29. The highest BCUT2D eigenvalue weighted by Crippen LogP contribution is 2.22. The van der Waals surface area contributed by atoms with Crippen LogP contribution in [0.25, 0.3) is 6.08 Å². The highest BCUT2D eigenvalue weighted by Gasteiger charge is 2.18. The first-order valence-electron chi connectivity index (χ1n) is 8.93. The van der Waals surface area contributed by atoms with E-state index in [4.69, 9.17) is 11.6 Å². The van der Waals surface area contributed by atoms with E-state index >= 15 is 0 Å². The lowest BCUT2D eigenvalue weighted by Gasteiger charge is -2.13. The number of carbonyl (C=O) groups is 2. The summed E-state index contributed by atoms with van der Waals surface area (Å²) in [5.74, 6) is -1.17. The van der Waals surface area contributed by atoms with Crippen LogP contribution in [0.15, 0.2) is 83.0 Å². The fourth-order valence-electron chi connectivity index (χ4n) is 2.64. The first-order valence-corrected chi connectivity index (χ1v) is 10.1. The Morgan fingerprint density at radius 3 is 2.42 bits per heavy atom. The summed E-state index contributed by atoms with van der Waals surface area (Å²) in [6, 6.07) is 19.1. The van der Waals surface area contributed by atoms with Crippen LogP contribution < -0.4 is 10.6 Å². The Balaban J connectivity index is 1.97. The lowest BCUT2D eigenvalue weighted by Crippen LogP contribution is -2.31. The van der Waals surface area contributed by atoms with E-state index in [1.165, 1.54) is 24.3 Å². The van der Waals surface area contributed by atoms with Crippen molar-refractivity contribution < 1.29 is 14.5 Å². The molecule has 0 aromatic heterocycles. The molecule has 3 aromatic rings. The van der Waals surface area contributed by atoms with Gasteiger partial charge in [-0.1, -0.05) is 48.0 Å². The number of nitro benzene ring substituents is 1. The minimum Gasteiger partial charge on any atom is -0.319 e. The SMILES string of the molecule is O=C(Nc1ccccc1Cl)C(=Cc1cccc([N+](=O)[O-])c1)NC(=O)c1ccccc1Br. The van der Waals surface area contributed by atoms with Gasteiger partial charge >= 0.3 is 0 Å². The monoisotopic (exact) mass is 499 g/mol. The molecule has 2 amide bonds. The number of benzene rings is 3. The van der Waals surface area contributed by atoms with Crippen LogP contribution in [0.2, 0.25) is 5.02 Å². The van der Waals surface area contributed by atoms with Crippen molar-refractivity contribution in [1.29, 1.82) is 0 Å². The molecule has 0 unspecified atom stereocenters. The van der Waals surface area contributed by atoms with Crippen LogP contribution in [0, 0.1) is 10.1 Å². The number of nitrogens with one attached hydrogen (secondary N) is 2. The Kier molecular flexibility index (Phi) is 7.17. The van der Waals surface area contributed by atoms with Crippen LogP contribution in [0.1, 0.15) is 15.9 Å². The van der Waals surface area contributed by atoms with Gasteiger partial charge in [-0.05, 0) is 51.8 Å². The average molecular weight is 501 g/mol. The first-order chi connectivity index (χ1) is 14.8. The second-order valence-electron chi connectivity index (χ2n) is 6.28. The van der Waals surface area contributed by atoms with E-state index in [2.05, 4.69) is 26.6 Å². The summed E-state index contributed by atoms with van der Waals surface area (Å²) in [6.07, 6.45) is 1.36. The van der Waals surface area contributed by atoms with Crippen molar-refractivity contribution >= 4 is 56.8 Å². The molecule has 0 spiro atoms. The number of nitro groups is 1. The molecule has 0 heterocycles. The lowest BCUT2D eigenvalue weighted by molar-refractivity contribution is -0.384. The summed E-state index contributed by atoms with van der Waals surface area (Å²) in [5.41, 5.74) is 0.788. The van der Waals surface area contributed by atoms with Gasteiger partial charge in [0.15, 0.2) is 0 Å². The van der Waals surface area contributed by atoms with Gasteiger partial charge in [-0.15, -0.1) is 0 Å². The molecule has 0 bridgehead atoms. The van der Waals surface area contributed by atoms with Gasteiger partial charge in [0.2, 0.25) is 0 Å². The second kappa shape index (κ2) is 10.0. The van der Waals surface area contributed by atoms with E-state index in [1.54, 1.807) is 54.6 Å². The molecule has 2 N–H and O–H groups in total. The topological polar surface area (TPSA) is 101 Å². The molecule has 0 atom stereocenters. The third-order valence-electron chi connectivity index (χ3n) is 4.13. The van der Waals surface area contributed by atoms with Crippen molar-refractivity contribution in [2.45, 2.75) is 0 Å². The first kappa shape index (κ1) is 22.2. The number of carbonyl (C=O) groups excluding carboxylic acids is 2. The summed E-state index contributed by atoms with van der Waals surface area (Å²) < 4.78 is 0.550. The zero-order valence-electron chi connectivity index (χ0n) is 15.8. The molecule has 0 radical (unpaired) electrons. The molecular formula is C22H15BrClN3O4. The molecule has 156 valence electrons. The van der Waals surface area contributed by atoms with E-state index in [0.717, 1.165) is 0 Å². The van der Waals surface area contributed by atoms with Crippen molar-refractivity contribution in [2.24, 2.45) is 0 Å². The molecule has 3 rings (SSSR count). The van der Waals surface area contributed by atoms with Crippen molar-refractivity contribution in [3.8, 4) is 0 Å². The van der Waals surface area contributed by atoms with Crippen LogP contribution in [0.3, 0.4) is 0 Å². The molecule has 0 saturated carbocycles. The second-order valence-corrected chi connectivity index (χ2v) is 7.54. The van der Waals surface area contributed by atoms with E-state index < -0.39 is 16.7 Å². The summed E-state index contributed by atoms with van der Waals surface area (Å²) in [6.45, 7) is 0. The van der Waals surface area contributed by atoms with Crippen molar-refractivity contribution in [3.05, 3.63) is 109 Å². The standard InChI is InChI=1S/C22H15BrClN3O4/c23-17-9-2-1-8-16(17)21(28)26-20(13-14-6-5-7-15(12-14)27(30)31)22(29)25-19-11-4-3-10-18(19)24/h1-13H,(H,25,29)(H,26,28). The fraction of sp³-hybridized carbons (Fsp3) is 0. The van der Waals surface area contributed by atoms with E-state index in [9.17, 15) is 19.7 Å². The molecule has 7 nitrogen and oxygen atoms in total. The van der Waals surface area contributed by atoms with Gasteiger partial charge in [-0.25, -0.2) is 0 Å². The normalized spacial score (nSPS) is 11.0. The molecule has 0 saturated heterocycles. The molecule has 31 heavy (non-hydrogen) atoms. The van der Waals surface area contributed by atoms with Crippen molar-refractivity contribution in [3.63, 3.8) is 0 Å². The number of hydrogen-bond donors (Lipinski definition) is 2. The van der Waals surface area contributed by atoms with Gasteiger partial charge in [0.25, 0.3) is 17.5 Å². The largest absolute Gasteiger partial charge is 0.319 e. The molecule has 9 heteroatoms. The van der Waals surface area contributed by atoms with Gasteiger partial charge in [-0.2, -0.15) is 0 Å². The molecule has 0 aliphatic rings. The smallest absolute Gasteiger partial charge is 0.272 e. The Morgan fingerprint density at radius 2 is 1.71 bits per heavy atom. The Bertz CT molecular complexity index is 1200. The summed E-state index contributed by atoms with van der Waals surface area (Å²) in [5, 5.41) is 16.6. The highest BCUT2D eigenvalue weighted by molar-refractivity contribution is 9.10. The average Bonchev–Trinajstić information content (AvgIpc) is 2.75. The maximum atomic E-state index is 12.9. The number of hydrogen-bond acceptors (Lipinski definition) is 4. The van der Waals surface area contributed by atoms with Gasteiger partial charge in [-0.3, -0.25) is 19.7 Å². The number of halogens is 2. The maximum absolute atomic E-state index is 12.9. The Morgan fingerprint density at radius 1 is 1.00 bits per heavy atom. The Labute approximate surface area is 191 Å². The third-order valence-corrected chi connectivity index (χ3v) is 5.15. The summed E-state index contributed by atoms with van der Waals surface area (Å²) in [4.78, 5) is 36.2. The number of non-ortho nitro benzene ring substituents is 1. The van der Waals surface area contributed by atoms with Crippen LogP contribution in [-0.2, 0) is 4.79 Å². The minimum absolute atomic E-state index is 0.110. The van der Waals surface area contributed by atoms with Crippen molar-refractivity contribution in [1.82, 2.24) is 5.32 Å². The van der Waals surface area contributed by atoms with Gasteiger partial charge < -0.3 is 10.6 Å². The molecule has 3 aromatic carbocycles. The van der Waals surface area contributed by atoms with Crippen LogP contribution in [-0.4, -0.2) is 16.7 Å². The van der Waals surface area contributed by atoms with Gasteiger partial charge in [0, 0.05) is 16.6 Å². The van der Waals surface area contributed by atoms with Gasteiger partial charge in [0.1, 0.15) is 5.70 Å². The van der Waals surface area contributed by atoms with Crippen LogP contribution >= 0.6 is 27.5 Å². The highest BCUT2D eigenvalue weighted by atomic mass is 79.9. The van der Waals surface area contributed by atoms with Crippen LogP contribution in [0.4, 0.5) is 11.4 Å². The number of anilines is 1. The molecule has 0 aliphatic carbocycles. The molecule has 0 aliphatic heterocycles. The minimum atomic E-state index is -0.639. The number of nitrogens with zero attached hydrogens (tertiary/aromatic N) is 1. The third kappa shape index (κ3) is 5.78. The van der Waals surface area contributed by atoms with Crippen molar-refractivity contribution in [2.75, 3.05) is 5.32 Å². The Hall–Kier alpha value is -3.49.